The molecule has 0 radical (unpaired) electrons. The number of rotatable bonds is 2. The molecule has 2 saturated heterocycles. The molecule has 2 aliphatic rings. The SMILES string of the molecule is CC(C)(C)N1CCC2(CC1)CC(Cc1ccc(F)cc1)CO2. The summed E-state index contributed by atoms with van der Waals surface area (Å²) in [7, 11) is 0. The van der Waals surface area contributed by atoms with E-state index in [1.165, 1.54) is 5.56 Å². The number of halogens is 1. The van der Waals surface area contributed by atoms with E-state index in [-0.39, 0.29) is 17.0 Å². The van der Waals surface area contributed by atoms with Gasteiger partial charge in [-0.25, -0.2) is 4.39 Å². The number of nitrogens with zero attached hydrogens (tertiary/aromatic N) is 1. The van der Waals surface area contributed by atoms with E-state index in [4.69, 9.17) is 4.74 Å². The summed E-state index contributed by atoms with van der Waals surface area (Å²) in [5.74, 6) is 0.420. The summed E-state index contributed by atoms with van der Waals surface area (Å²) in [6.45, 7) is 9.99. The van der Waals surface area contributed by atoms with E-state index in [9.17, 15) is 4.39 Å². The molecular weight excluding hydrogens is 277 g/mol. The van der Waals surface area contributed by atoms with E-state index in [2.05, 4.69) is 25.7 Å². The Balaban J connectivity index is 1.55. The van der Waals surface area contributed by atoms with Crippen LogP contribution in [0.2, 0.25) is 0 Å². The van der Waals surface area contributed by atoms with Crippen LogP contribution in [-0.4, -0.2) is 35.7 Å². The first-order valence-electron chi connectivity index (χ1n) is 8.50. The van der Waals surface area contributed by atoms with Gasteiger partial charge in [-0.05, 0) is 70.1 Å². The van der Waals surface area contributed by atoms with Crippen LogP contribution in [0.3, 0.4) is 0 Å². The molecule has 1 aromatic carbocycles. The van der Waals surface area contributed by atoms with Gasteiger partial charge in [-0.2, -0.15) is 0 Å². The van der Waals surface area contributed by atoms with Crippen molar-refractivity contribution in [1.82, 2.24) is 4.90 Å². The Kier molecular flexibility index (Phi) is 4.30. The highest BCUT2D eigenvalue weighted by Gasteiger charge is 2.43. The van der Waals surface area contributed by atoms with Crippen LogP contribution in [0.1, 0.15) is 45.6 Å². The molecule has 0 amide bonds. The topological polar surface area (TPSA) is 12.5 Å². The second-order valence-electron chi connectivity index (χ2n) is 8.05. The first kappa shape index (κ1) is 15.9. The second kappa shape index (κ2) is 5.93. The van der Waals surface area contributed by atoms with E-state index in [1.807, 2.05) is 12.1 Å². The van der Waals surface area contributed by atoms with Gasteiger partial charge < -0.3 is 4.74 Å². The van der Waals surface area contributed by atoms with Crippen molar-refractivity contribution < 1.29 is 9.13 Å². The Morgan fingerprint density at radius 1 is 1.18 bits per heavy atom. The van der Waals surface area contributed by atoms with Crippen LogP contribution in [0, 0.1) is 11.7 Å². The first-order chi connectivity index (χ1) is 10.4. The number of hydrogen-bond acceptors (Lipinski definition) is 2. The fourth-order valence-corrected chi connectivity index (χ4v) is 3.96. The van der Waals surface area contributed by atoms with Gasteiger partial charge in [0.25, 0.3) is 0 Å². The summed E-state index contributed by atoms with van der Waals surface area (Å²) in [5.41, 5.74) is 1.58. The van der Waals surface area contributed by atoms with Crippen molar-refractivity contribution in [2.75, 3.05) is 19.7 Å². The lowest BCUT2D eigenvalue weighted by atomic mass is 9.82. The molecule has 1 atom stereocenters. The van der Waals surface area contributed by atoms with Gasteiger partial charge in [-0.1, -0.05) is 12.1 Å². The number of ether oxygens (including phenoxy) is 1. The van der Waals surface area contributed by atoms with Crippen LogP contribution < -0.4 is 0 Å². The molecule has 122 valence electrons. The Labute approximate surface area is 133 Å². The molecule has 0 aromatic heterocycles. The predicted octanol–water partition coefficient (Wildman–Crippen LogP) is 4.04. The molecule has 22 heavy (non-hydrogen) atoms. The Bertz CT molecular complexity index is 497. The maximum Gasteiger partial charge on any atom is 0.123 e. The van der Waals surface area contributed by atoms with E-state index in [0.29, 0.717) is 5.92 Å². The van der Waals surface area contributed by atoms with Crippen LogP contribution in [0.5, 0.6) is 0 Å². The van der Waals surface area contributed by atoms with Crippen LogP contribution in [0.15, 0.2) is 24.3 Å². The van der Waals surface area contributed by atoms with Crippen molar-refractivity contribution in [3.05, 3.63) is 35.6 Å². The second-order valence-corrected chi connectivity index (χ2v) is 8.05. The molecule has 1 aromatic rings. The third-order valence-electron chi connectivity index (χ3n) is 5.35. The third-order valence-corrected chi connectivity index (χ3v) is 5.35. The van der Waals surface area contributed by atoms with Gasteiger partial charge in [0, 0.05) is 18.6 Å². The van der Waals surface area contributed by atoms with Gasteiger partial charge >= 0.3 is 0 Å². The molecule has 0 saturated carbocycles. The summed E-state index contributed by atoms with van der Waals surface area (Å²) >= 11 is 0. The lowest BCUT2D eigenvalue weighted by molar-refractivity contribution is -0.0591. The maximum absolute atomic E-state index is 13.0. The van der Waals surface area contributed by atoms with Crippen LogP contribution in [0.4, 0.5) is 4.39 Å². The Hall–Kier alpha value is -0.930. The van der Waals surface area contributed by atoms with Gasteiger partial charge in [-0.3, -0.25) is 4.90 Å². The highest BCUT2D eigenvalue weighted by atomic mass is 19.1. The van der Waals surface area contributed by atoms with Gasteiger partial charge in [0.15, 0.2) is 0 Å². The Morgan fingerprint density at radius 3 is 2.41 bits per heavy atom. The lowest BCUT2D eigenvalue weighted by Crippen LogP contribution is -2.51. The summed E-state index contributed by atoms with van der Waals surface area (Å²) in [5, 5.41) is 0. The van der Waals surface area contributed by atoms with Crippen molar-refractivity contribution in [3.8, 4) is 0 Å². The highest BCUT2D eigenvalue weighted by molar-refractivity contribution is 5.17. The molecule has 0 N–H and O–H groups in total. The fraction of sp³-hybridized carbons (Fsp3) is 0.684. The summed E-state index contributed by atoms with van der Waals surface area (Å²) in [4.78, 5) is 2.56. The van der Waals surface area contributed by atoms with E-state index in [1.54, 1.807) is 12.1 Å². The minimum Gasteiger partial charge on any atom is -0.375 e. The summed E-state index contributed by atoms with van der Waals surface area (Å²) in [6.07, 6.45) is 4.45. The summed E-state index contributed by atoms with van der Waals surface area (Å²) < 4.78 is 19.2. The monoisotopic (exact) mass is 305 g/mol. The van der Waals surface area contributed by atoms with Crippen molar-refractivity contribution >= 4 is 0 Å². The molecule has 2 aliphatic heterocycles. The average molecular weight is 305 g/mol. The molecule has 3 heteroatoms. The number of hydrogen-bond donors (Lipinski definition) is 0. The lowest BCUT2D eigenvalue weighted by Gasteiger charge is -2.44. The van der Waals surface area contributed by atoms with Gasteiger partial charge in [0.2, 0.25) is 0 Å². The zero-order valence-electron chi connectivity index (χ0n) is 14.1. The van der Waals surface area contributed by atoms with Crippen molar-refractivity contribution in [1.29, 1.82) is 0 Å². The zero-order valence-corrected chi connectivity index (χ0v) is 14.1. The summed E-state index contributed by atoms with van der Waals surface area (Å²) in [6, 6.07) is 6.93. The molecule has 3 rings (SSSR count). The zero-order chi connectivity index (χ0) is 15.8. The molecule has 1 spiro atoms. The molecule has 0 aliphatic carbocycles. The maximum atomic E-state index is 13.0. The van der Waals surface area contributed by atoms with Crippen molar-refractivity contribution in [2.45, 2.75) is 57.6 Å². The van der Waals surface area contributed by atoms with Gasteiger partial charge in [0.1, 0.15) is 5.82 Å². The standard InChI is InChI=1S/C19H28FNO/c1-18(2,3)21-10-8-19(9-11-21)13-16(14-22-19)12-15-4-6-17(20)7-5-15/h4-7,16H,8-14H2,1-3H3. The number of likely N-dealkylation sites (tertiary alicyclic amines) is 1. The average Bonchev–Trinajstić information content (AvgIpc) is 2.84. The molecular formula is C19H28FNO. The molecule has 2 nitrogen and oxygen atoms in total. The van der Waals surface area contributed by atoms with E-state index in [0.717, 1.165) is 45.4 Å². The minimum atomic E-state index is -0.155. The highest BCUT2D eigenvalue weighted by Crippen LogP contribution is 2.40. The van der Waals surface area contributed by atoms with Crippen LogP contribution in [0.25, 0.3) is 0 Å². The van der Waals surface area contributed by atoms with Gasteiger partial charge in [-0.15, -0.1) is 0 Å². The Morgan fingerprint density at radius 2 is 1.82 bits per heavy atom. The first-order valence-corrected chi connectivity index (χ1v) is 8.50. The number of piperidine rings is 1. The van der Waals surface area contributed by atoms with Crippen molar-refractivity contribution in [2.24, 2.45) is 5.92 Å². The molecule has 2 fully saturated rings. The van der Waals surface area contributed by atoms with Crippen molar-refractivity contribution in [3.63, 3.8) is 0 Å². The minimum absolute atomic E-state index is 0.104. The molecule has 1 unspecified atom stereocenters. The molecule has 0 bridgehead atoms. The van der Waals surface area contributed by atoms with E-state index >= 15 is 0 Å². The normalized spacial score (nSPS) is 25.7. The third kappa shape index (κ3) is 3.52. The molecule has 2 heterocycles. The predicted molar refractivity (Wildman–Crippen MR) is 87.5 cm³/mol. The fourth-order valence-electron chi connectivity index (χ4n) is 3.96. The number of benzene rings is 1. The quantitative estimate of drug-likeness (QED) is 0.817. The van der Waals surface area contributed by atoms with Gasteiger partial charge in [0.05, 0.1) is 12.2 Å². The van der Waals surface area contributed by atoms with Crippen LogP contribution in [-0.2, 0) is 11.2 Å². The van der Waals surface area contributed by atoms with E-state index < -0.39 is 0 Å². The largest absolute Gasteiger partial charge is 0.375 e. The van der Waals surface area contributed by atoms with Crippen LogP contribution >= 0.6 is 0 Å². The smallest absolute Gasteiger partial charge is 0.123 e.